The van der Waals surface area contributed by atoms with Crippen molar-refractivity contribution in [1.29, 1.82) is 0 Å². The molecule has 0 saturated carbocycles. The Bertz CT molecular complexity index is 3070. The van der Waals surface area contributed by atoms with Crippen LogP contribution in [0.15, 0.2) is 78.9 Å². The second-order valence-corrected chi connectivity index (χ2v) is 20.6. The number of amides is 6. The quantitative estimate of drug-likeness (QED) is 0.0222. The monoisotopic (exact) mass is 1120 g/mol. The second kappa shape index (κ2) is 27.5. The molecule has 29 nitrogen and oxygen atoms in total. The molecule has 0 spiro atoms. The van der Waals surface area contributed by atoms with Crippen molar-refractivity contribution in [1.82, 2.24) is 66.1 Å². The van der Waals surface area contributed by atoms with Gasteiger partial charge in [-0.05, 0) is 44.2 Å². The maximum absolute atomic E-state index is 14.4. The molecule has 0 unspecified atom stereocenters. The van der Waals surface area contributed by atoms with Gasteiger partial charge in [0.15, 0.2) is 0 Å². The molecule has 14 N–H and O–H groups in total. The normalized spacial score (nSPS) is 15.6. The maximum atomic E-state index is 14.4. The number of aromatic amines is 3. The number of nitrogens with zero attached hydrogens (tertiary/aromatic N) is 5. The van der Waals surface area contributed by atoms with Crippen molar-refractivity contribution in [2.24, 2.45) is 5.73 Å². The van der Waals surface area contributed by atoms with Gasteiger partial charge in [-0.2, -0.15) is 0 Å². The van der Waals surface area contributed by atoms with Crippen LogP contribution in [-0.4, -0.2) is 181 Å². The number of hydrogen-bond donors (Lipinski definition) is 13. The van der Waals surface area contributed by atoms with Crippen molar-refractivity contribution in [3.05, 3.63) is 91.1 Å². The summed E-state index contributed by atoms with van der Waals surface area (Å²) >= 11 is 0. The van der Waals surface area contributed by atoms with Gasteiger partial charge < -0.3 is 72.4 Å². The second-order valence-electron chi connectivity index (χ2n) is 18.9. The SMILES string of the molecule is CN(C)c1cccc2c(S(=O)(=O)NCCCC[C@H](NC(=O)[C@@H]3CCCN3C(=O)[C@@H](N)Cc3cnc[nH]3)C(=O)N[C@@H](CC(=O)O)C(=O)N[C@@H](Cc3cnc[nH]3)C(=O)N[C@@H](CC(=O)O)C(=O)N[C@@H](Cc3cnc[nH]3)C(=O)O)cccc12. The van der Waals surface area contributed by atoms with Gasteiger partial charge in [-0.3, -0.25) is 38.4 Å². The highest BCUT2D eigenvalue weighted by atomic mass is 32.2. The maximum Gasteiger partial charge on any atom is 0.326 e. The summed E-state index contributed by atoms with van der Waals surface area (Å²) in [6.45, 7) is 0.0279. The van der Waals surface area contributed by atoms with Gasteiger partial charge in [0.2, 0.25) is 45.5 Å². The molecule has 2 aromatic carbocycles. The van der Waals surface area contributed by atoms with E-state index in [0.717, 1.165) is 5.69 Å². The fourth-order valence-electron chi connectivity index (χ4n) is 8.92. The summed E-state index contributed by atoms with van der Waals surface area (Å²) in [5.74, 6) is -10.8. The third-order valence-corrected chi connectivity index (χ3v) is 14.4. The number of H-pyrrole nitrogens is 3. The molecule has 1 aliphatic heterocycles. The fourth-order valence-corrected chi connectivity index (χ4v) is 10.2. The Hall–Kier alpha value is -8.77. The van der Waals surface area contributed by atoms with Crippen LogP contribution in [0.2, 0.25) is 0 Å². The van der Waals surface area contributed by atoms with Crippen LogP contribution < -0.4 is 41.9 Å². The van der Waals surface area contributed by atoms with Gasteiger partial charge >= 0.3 is 17.9 Å². The Morgan fingerprint density at radius 2 is 1.18 bits per heavy atom. The molecule has 6 amide bonds. The number of benzene rings is 2. The summed E-state index contributed by atoms with van der Waals surface area (Å²) in [4.78, 5) is 143. The third kappa shape index (κ3) is 16.6. The summed E-state index contributed by atoms with van der Waals surface area (Å²) in [5.41, 5.74) is 8.15. The average molecular weight is 1120 g/mol. The standard InChI is InChI=1S/C49H63N15O14S/c1-63(2)38-11-5-9-31-30(38)8-6-13-40(31)79(77,78)57-14-4-3-10-33(58-47(73)39-12-7-15-64(39)48(74)32(50)16-27-21-51-24-54-27)43(69)60-35(19-41(65)66)45(71)59-34(17-28-22-52-25-55-28)44(70)61-36(20-42(67)68)46(72)62-37(49(75)76)18-29-23-53-26-56-29/h5-6,8-9,11,13,21-26,32-37,39,57H,3-4,7,10,12,14-20,50H2,1-2H3,(H,51,54)(H,52,55)(H,53,56)(H,58,73)(H,59,71)(H,60,69)(H,61,70)(H,62,72)(H,65,66)(H,67,68)(H,75,76)/t32-,33-,34-,35-,36-,37-,39-/m0/s1. The molecule has 7 atom stereocenters. The van der Waals surface area contributed by atoms with Crippen molar-refractivity contribution in [2.45, 2.75) is 111 Å². The molecule has 0 radical (unpaired) electrons. The summed E-state index contributed by atoms with van der Waals surface area (Å²) in [5, 5.41) is 42.4. The van der Waals surface area contributed by atoms with Crippen LogP contribution in [0.25, 0.3) is 10.8 Å². The number of sulfonamides is 1. The Kier molecular flexibility index (Phi) is 20.7. The van der Waals surface area contributed by atoms with E-state index in [1.54, 1.807) is 24.3 Å². The molecule has 30 heteroatoms. The van der Waals surface area contributed by atoms with E-state index in [0.29, 0.717) is 28.6 Å². The molecule has 3 aromatic heterocycles. The zero-order valence-corrected chi connectivity index (χ0v) is 43.8. The minimum atomic E-state index is -4.09. The highest BCUT2D eigenvalue weighted by molar-refractivity contribution is 7.89. The van der Waals surface area contributed by atoms with E-state index < -0.39 is 125 Å². The lowest BCUT2D eigenvalue weighted by atomic mass is 10.0. The Labute approximate surface area is 451 Å². The molecule has 424 valence electrons. The van der Waals surface area contributed by atoms with Crippen LogP contribution >= 0.6 is 0 Å². The average Bonchev–Trinajstić information content (AvgIpc) is 4.27. The fraction of sp³-hybridized carbons (Fsp3) is 0.429. The first kappa shape index (κ1) is 59.5. The van der Waals surface area contributed by atoms with Crippen LogP contribution in [0.1, 0.15) is 62.0 Å². The number of carboxylic acids is 3. The van der Waals surface area contributed by atoms with Crippen molar-refractivity contribution in [3.63, 3.8) is 0 Å². The summed E-state index contributed by atoms with van der Waals surface area (Å²) in [6, 6.07) is -0.775. The number of nitrogens with two attached hydrogens (primary N) is 1. The summed E-state index contributed by atoms with van der Waals surface area (Å²) in [6.07, 6.45) is 5.74. The van der Waals surface area contributed by atoms with Crippen LogP contribution in [0.3, 0.4) is 0 Å². The number of anilines is 1. The van der Waals surface area contributed by atoms with Gasteiger partial charge in [-0.1, -0.05) is 24.3 Å². The Morgan fingerprint density at radius 3 is 1.72 bits per heavy atom. The van der Waals surface area contributed by atoms with Gasteiger partial charge in [-0.25, -0.2) is 32.9 Å². The minimum Gasteiger partial charge on any atom is -0.481 e. The first-order valence-electron chi connectivity index (χ1n) is 25.0. The van der Waals surface area contributed by atoms with E-state index in [-0.39, 0.29) is 62.2 Å². The third-order valence-electron chi connectivity index (χ3n) is 12.9. The summed E-state index contributed by atoms with van der Waals surface area (Å²) < 4.78 is 30.0. The molecule has 4 heterocycles. The Morgan fingerprint density at radius 1 is 0.671 bits per heavy atom. The van der Waals surface area contributed by atoms with Crippen LogP contribution in [0, 0.1) is 0 Å². The number of likely N-dealkylation sites (tertiary alicyclic amines) is 1. The predicted molar refractivity (Wildman–Crippen MR) is 279 cm³/mol. The first-order chi connectivity index (χ1) is 37.6. The van der Waals surface area contributed by atoms with Gasteiger partial charge in [0.1, 0.15) is 36.3 Å². The van der Waals surface area contributed by atoms with Crippen molar-refractivity contribution in [2.75, 3.05) is 32.1 Å². The number of carbonyl (C=O) groups excluding carboxylic acids is 6. The van der Waals surface area contributed by atoms with E-state index in [2.05, 4.69) is 61.2 Å². The Balaban J connectivity index is 1.20. The number of unbranched alkanes of at least 4 members (excludes halogenated alkanes) is 1. The molecular weight excluding hydrogens is 1050 g/mol. The molecule has 6 rings (SSSR count). The van der Waals surface area contributed by atoms with E-state index in [4.69, 9.17) is 5.73 Å². The zero-order chi connectivity index (χ0) is 57.4. The van der Waals surface area contributed by atoms with Crippen LogP contribution in [0.5, 0.6) is 0 Å². The number of hydrogen-bond acceptors (Lipinski definition) is 16. The number of aliphatic carboxylic acids is 3. The lowest BCUT2D eigenvalue weighted by molar-refractivity contribution is -0.143. The number of carbonyl (C=O) groups is 9. The smallest absolute Gasteiger partial charge is 0.326 e. The molecule has 1 saturated heterocycles. The molecule has 0 bridgehead atoms. The molecule has 1 fully saturated rings. The van der Waals surface area contributed by atoms with Crippen LogP contribution in [-0.2, 0) is 72.4 Å². The van der Waals surface area contributed by atoms with E-state index >= 15 is 0 Å². The highest BCUT2D eigenvalue weighted by Crippen LogP contribution is 2.30. The van der Waals surface area contributed by atoms with Crippen molar-refractivity contribution < 1.29 is 66.9 Å². The molecule has 79 heavy (non-hydrogen) atoms. The van der Waals surface area contributed by atoms with Gasteiger partial charge in [-0.15, -0.1) is 0 Å². The summed E-state index contributed by atoms with van der Waals surface area (Å²) in [7, 11) is -0.432. The van der Waals surface area contributed by atoms with Gasteiger partial charge in [0, 0.05) is 98.6 Å². The number of rotatable bonds is 30. The van der Waals surface area contributed by atoms with Gasteiger partial charge in [0.25, 0.3) is 0 Å². The van der Waals surface area contributed by atoms with Crippen LogP contribution in [0.4, 0.5) is 5.69 Å². The number of aromatic nitrogens is 6. The van der Waals surface area contributed by atoms with Crippen molar-refractivity contribution >= 4 is 79.8 Å². The molecular formula is C49H63N15O14S. The lowest BCUT2D eigenvalue weighted by Gasteiger charge is -2.29. The number of imidazole rings is 3. The number of nitrogens with one attached hydrogen (secondary N) is 9. The minimum absolute atomic E-state index is 0.0295. The molecule has 1 aliphatic rings. The highest BCUT2D eigenvalue weighted by Gasteiger charge is 2.39. The van der Waals surface area contributed by atoms with E-state index in [1.165, 1.54) is 48.5 Å². The van der Waals surface area contributed by atoms with Gasteiger partial charge in [0.05, 0.1) is 42.8 Å². The zero-order valence-electron chi connectivity index (χ0n) is 43.0. The van der Waals surface area contributed by atoms with E-state index in [9.17, 15) is 66.9 Å². The predicted octanol–water partition coefficient (Wildman–Crippen LogP) is -1.97. The largest absolute Gasteiger partial charge is 0.481 e. The van der Waals surface area contributed by atoms with E-state index in [1.807, 2.05) is 25.1 Å². The number of carboxylic acid groups (broad SMARTS) is 3. The topological polar surface area (TPSA) is 439 Å². The first-order valence-corrected chi connectivity index (χ1v) is 26.4. The lowest BCUT2D eigenvalue weighted by Crippen LogP contribution is -2.60. The van der Waals surface area contributed by atoms with Crippen molar-refractivity contribution in [3.8, 4) is 0 Å². The molecule has 0 aliphatic carbocycles. The number of fused-ring (bicyclic) bond motifs is 1. The molecule has 5 aromatic rings.